The summed E-state index contributed by atoms with van der Waals surface area (Å²) in [5, 5.41) is 12.5. The van der Waals surface area contributed by atoms with Crippen LogP contribution in [0.1, 0.15) is 70.3 Å². The number of phenols is 1. The van der Waals surface area contributed by atoms with Crippen LogP contribution in [0.2, 0.25) is 13.1 Å². The van der Waals surface area contributed by atoms with Crippen molar-refractivity contribution < 1.29 is 24.2 Å². The van der Waals surface area contributed by atoms with Crippen molar-refractivity contribution >= 4 is 30.4 Å². The third kappa shape index (κ3) is 6.14. The number of benzene rings is 3. The highest BCUT2D eigenvalue weighted by atomic mass is 28.3. The van der Waals surface area contributed by atoms with Crippen molar-refractivity contribution in [3.8, 4) is 17.2 Å². The molecule has 1 saturated heterocycles. The fourth-order valence-corrected chi connectivity index (χ4v) is 10.2. The molecule has 2 heterocycles. The minimum atomic E-state index is -2.30. The molecule has 6 rings (SSSR count). The molecule has 0 spiro atoms. The Morgan fingerprint density at radius 2 is 1.62 bits per heavy atom. The number of rotatable bonds is 8. The van der Waals surface area contributed by atoms with Gasteiger partial charge in [0.25, 0.3) is 0 Å². The third-order valence-corrected chi connectivity index (χ3v) is 13.3. The van der Waals surface area contributed by atoms with E-state index in [0.29, 0.717) is 18.1 Å². The van der Waals surface area contributed by atoms with Gasteiger partial charge in [-0.1, -0.05) is 37.4 Å². The third-order valence-electron chi connectivity index (χ3n) is 9.74. The van der Waals surface area contributed by atoms with Gasteiger partial charge in [0.1, 0.15) is 25.3 Å². The minimum Gasteiger partial charge on any atom is -0.507 e. The Hall–Kier alpha value is -4.00. The molecule has 6 heteroatoms. The summed E-state index contributed by atoms with van der Waals surface area (Å²) in [6.07, 6.45) is 10.2. The van der Waals surface area contributed by atoms with Gasteiger partial charge >= 0.3 is 0 Å². The molecule has 0 aromatic heterocycles. The second-order valence-corrected chi connectivity index (χ2v) is 17.7. The molecule has 0 saturated carbocycles. The van der Waals surface area contributed by atoms with Crippen LogP contribution in [0.5, 0.6) is 17.2 Å². The maximum absolute atomic E-state index is 13.2. The van der Waals surface area contributed by atoms with Gasteiger partial charge in [0.05, 0.1) is 0 Å². The molecule has 0 amide bonds. The van der Waals surface area contributed by atoms with E-state index in [1.165, 1.54) is 5.19 Å². The van der Waals surface area contributed by atoms with E-state index in [2.05, 4.69) is 38.2 Å². The first-order valence-corrected chi connectivity index (χ1v) is 19.1. The van der Waals surface area contributed by atoms with Crippen molar-refractivity contribution in [3.05, 3.63) is 111 Å². The monoisotopic (exact) mass is 618 g/mol. The highest BCUT2D eigenvalue weighted by Crippen LogP contribution is 2.43. The molecule has 0 atom stereocenters. The maximum atomic E-state index is 13.2. The van der Waals surface area contributed by atoms with Gasteiger partial charge in [0.15, 0.2) is 11.6 Å². The highest BCUT2D eigenvalue weighted by Gasteiger charge is 2.40. The topological polar surface area (TPSA) is 72.8 Å². The molecular formula is C39H42O5Si. The van der Waals surface area contributed by atoms with E-state index in [1.54, 1.807) is 6.08 Å². The van der Waals surface area contributed by atoms with Crippen molar-refractivity contribution in [2.45, 2.75) is 66.0 Å². The summed E-state index contributed by atoms with van der Waals surface area (Å²) in [6, 6.07) is 16.0. The Kier molecular flexibility index (Phi) is 8.55. The summed E-state index contributed by atoms with van der Waals surface area (Å²) < 4.78 is 11.8. The van der Waals surface area contributed by atoms with Crippen molar-refractivity contribution in [3.63, 3.8) is 0 Å². The van der Waals surface area contributed by atoms with E-state index >= 15 is 0 Å². The zero-order valence-corrected chi connectivity index (χ0v) is 28.0. The lowest BCUT2D eigenvalue weighted by atomic mass is 9.86. The van der Waals surface area contributed by atoms with Crippen molar-refractivity contribution in [2.24, 2.45) is 5.92 Å². The number of Topliss-reactive ketones (excluding diaryl/α,β-unsaturated/α-hetero) is 1. The number of fused-ring (bicyclic) bond motifs is 2. The first-order valence-electron chi connectivity index (χ1n) is 16.1. The van der Waals surface area contributed by atoms with Gasteiger partial charge in [-0.15, -0.1) is 0 Å². The lowest BCUT2D eigenvalue weighted by molar-refractivity contribution is -0.110. The average molecular weight is 619 g/mol. The molecule has 0 unspecified atom stereocenters. The van der Waals surface area contributed by atoms with Crippen LogP contribution in [0.3, 0.4) is 0 Å². The Morgan fingerprint density at radius 1 is 0.911 bits per heavy atom. The van der Waals surface area contributed by atoms with Crippen molar-refractivity contribution in [1.29, 1.82) is 0 Å². The molecule has 2 aliphatic heterocycles. The molecule has 1 fully saturated rings. The fraction of sp³-hybridized carbons (Fsp3) is 0.333. The molecule has 3 aliphatic rings. The summed E-state index contributed by atoms with van der Waals surface area (Å²) in [6.45, 7) is 12.1. The van der Waals surface area contributed by atoms with Crippen molar-refractivity contribution in [1.82, 2.24) is 0 Å². The molecule has 3 aromatic rings. The number of carbonyl (C=O) groups excluding carboxylic acids is 2. The zero-order valence-electron chi connectivity index (χ0n) is 27.0. The normalized spacial score (nSPS) is 17.5. The van der Waals surface area contributed by atoms with Gasteiger partial charge in [0, 0.05) is 25.2 Å². The predicted octanol–water partition coefficient (Wildman–Crippen LogP) is 8.22. The van der Waals surface area contributed by atoms with Gasteiger partial charge in [-0.05, 0) is 144 Å². The molecular weight excluding hydrogens is 577 g/mol. The number of hydrogen-bond donors (Lipinski definition) is 1. The van der Waals surface area contributed by atoms with Crippen molar-refractivity contribution in [2.75, 3.05) is 13.2 Å². The molecule has 0 radical (unpaired) electrons. The Balaban J connectivity index is 1.34. The molecule has 232 valence electrons. The SMILES string of the molecule is Cc1cc(C(=O)CCCC2CCOCC2)ccc1C1=C2C=CC(=O)C=C2[Si](C)(C)c2cc(Oc3cc(C)c(O)c(C)c3)ccc21. The van der Waals surface area contributed by atoms with E-state index in [9.17, 15) is 14.7 Å². The summed E-state index contributed by atoms with van der Waals surface area (Å²) in [5.74, 6) is 2.55. The second-order valence-electron chi connectivity index (χ2n) is 13.3. The summed E-state index contributed by atoms with van der Waals surface area (Å²) in [7, 11) is -2.30. The highest BCUT2D eigenvalue weighted by molar-refractivity contribution is 6.98. The fourth-order valence-electron chi connectivity index (χ4n) is 7.12. The first-order chi connectivity index (χ1) is 21.5. The van der Waals surface area contributed by atoms with Gasteiger partial charge in [-0.2, -0.15) is 0 Å². The Bertz CT molecular complexity index is 1760. The lowest BCUT2D eigenvalue weighted by Crippen LogP contribution is -2.49. The minimum absolute atomic E-state index is 0.0120. The Morgan fingerprint density at radius 3 is 2.33 bits per heavy atom. The smallest absolute Gasteiger partial charge is 0.178 e. The zero-order chi connectivity index (χ0) is 31.9. The van der Waals surface area contributed by atoms with Crippen LogP contribution in [-0.4, -0.2) is 38.0 Å². The number of allylic oxidation sites excluding steroid dienone is 5. The lowest BCUT2D eigenvalue weighted by Gasteiger charge is -2.38. The number of ketones is 2. The molecule has 1 N–H and O–H groups in total. The molecule has 5 nitrogen and oxygen atoms in total. The molecule has 0 bridgehead atoms. The number of carbonyl (C=O) groups is 2. The van der Waals surface area contributed by atoms with Crippen LogP contribution < -0.4 is 9.92 Å². The number of aryl methyl sites for hydroxylation is 3. The summed E-state index contributed by atoms with van der Waals surface area (Å²) in [4.78, 5) is 25.9. The first kappa shape index (κ1) is 31.0. The van der Waals surface area contributed by atoms with Crippen LogP contribution in [0.4, 0.5) is 0 Å². The average Bonchev–Trinajstić information content (AvgIpc) is 3.01. The number of ether oxygens (including phenoxy) is 2. The van der Waals surface area contributed by atoms with Gasteiger partial charge in [0.2, 0.25) is 0 Å². The number of aromatic hydroxyl groups is 1. The van der Waals surface area contributed by atoms with Gasteiger partial charge in [-0.25, -0.2) is 0 Å². The van der Waals surface area contributed by atoms with Gasteiger partial charge in [-0.3, -0.25) is 9.59 Å². The van der Waals surface area contributed by atoms with Crippen LogP contribution >= 0.6 is 0 Å². The number of hydrogen-bond acceptors (Lipinski definition) is 5. The predicted molar refractivity (Wildman–Crippen MR) is 182 cm³/mol. The molecule has 45 heavy (non-hydrogen) atoms. The number of phenolic OH excluding ortho intramolecular Hbond substituents is 1. The molecule has 3 aromatic carbocycles. The Labute approximate surface area is 267 Å². The van der Waals surface area contributed by atoms with Gasteiger partial charge < -0.3 is 14.6 Å². The van der Waals surface area contributed by atoms with Crippen LogP contribution in [0.25, 0.3) is 5.57 Å². The van der Waals surface area contributed by atoms with Crippen LogP contribution in [0, 0.1) is 26.7 Å². The largest absolute Gasteiger partial charge is 0.507 e. The van der Waals surface area contributed by atoms with E-state index < -0.39 is 8.07 Å². The molecule has 1 aliphatic carbocycles. The van der Waals surface area contributed by atoms with E-state index in [1.807, 2.05) is 56.3 Å². The van der Waals surface area contributed by atoms with Crippen LogP contribution in [-0.2, 0) is 9.53 Å². The summed E-state index contributed by atoms with van der Waals surface area (Å²) >= 11 is 0. The standard InChI is InChI=1S/C39H42O5Si/c1-24-19-28(35(41)8-6-7-27-15-17-43-18-16-27)9-12-32(24)38-33-13-10-29(40)22-36(33)45(4,5)37-23-30(11-14-34(37)38)44-31-20-25(2)39(42)26(3)21-31/h9-14,19-23,27,42H,6-8,15-18H2,1-5H3. The van der Waals surface area contributed by atoms with E-state index in [0.717, 1.165) is 94.4 Å². The quantitative estimate of drug-likeness (QED) is 0.203. The second kappa shape index (κ2) is 12.4. The maximum Gasteiger partial charge on any atom is 0.178 e. The van der Waals surface area contributed by atoms with Crippen LogP contribution in [0.15, 0.2) is 77.5 Å². The van der Waals surface area contributed by atoms with E-state index in [4.69, 9.17) is 9.47 Å². The summed E-state index contributed by atoms with van der Waals surface area (Å²) in [5.41, 5.74) is 7.72. The van der Waals surface area contributed by atoms with E-state index in [-0.39, 0.29) is 17.3 Å².